The van der Waals surface area contributed by atoms with Gasteiger partial charge in [0.05, 0.1) is 0 Å². The molecule has 2 heterocycles. The monoisotopic (exact) mass is 164 g/mol. The van der Waals surface area contributed by atoms with Crippen molar-refractivity contribution in [3.05, 3.63) is 22.7 Å². The second-order valence-corrected chi connectivity index (χ2v) is 2.27. The van der Waals surface area contributed by atoms with Gasteiger partial charge in [-0.1, -0.05) is 0 Å². The first kappa shape index (κ1) is 6.84. The van der Waals surface area contributed by atoms with Crippen molar-refractivity contribution in [2.45, 2.75) is 6.54 Å². The minimum absolute atomic E-state index is 0.0640. The average molecular weight is 164 g/mol. The molecule has 0 N–H and O–H groups in total. The largest absolute Gasteiger partial charge is 0.349 e. The highest BCUT2D eigenvalue weighted by Gasteiger charge is 2.12. The van der Waals surface area contributed by atoms with Crippen molar-refractivity contribution in [1.82, 2.24) is 9.55 Å². The summed E-state index contributed by atoms with van der Waals surface area (Å²) in [6.07, 6.45) is 1.34. The molecule has 0 saturated carbocycles. The molecule has 2 rings (SSSR count). The molecule has 1 aliphatic heterocycles. The summed E-state index contributed by atoms with van der Waals surface area (Å²) in [5, 5.41) is 6.84. The van der Waals surface area contributed by atoms with E-state index in [1.807, 2.05) is 0 Å². The maximum atomic E-state index is 11.0. The van der Waals surface area contributed by atoms with Gasteiger partial charge in [0, 0.05) is 12.3 Å². The number of rotatable bonds is 0. The minimum atomic E-state index is -0.473. The number of amides is 1. The molecule has 1 aromatic rings. The zero-order chi connectivity index (χ0) is 8.55. The van der Waals surface area contributed by atoms with Crippen molar-refractivity contribution in [3.63, 3.8) is 0 Å². The van der Waals surface area contributed by atoms with Crippen LogP contribution in [0.2, 0.25) is 0 Å². The molecule has 12 heavy (non-hydrogen) atoms. The molecular formula is C6H4N4O2. The maximum absolute atomic E-state index is 11.0. The number of fused-ring (bicyclic) bond motifs is 1. The van der Waals surface area contributed by atoms with E-state index in [0.717, 1.165) is 0 Å². The highest BCUT2D eigenvalue weighted by Crippen LogP contribution is 2.12. The maximum Gasteiger partial charge on any atom is 0.349 e. The van der Waals surface area contributed by atoms with Crippen LogP contribution in [0.3, 0.4) is 0 Å². The van der Waals surface area contributed by atoms with E-state index >= 15 is 0 Å². The van der Waals surface area contributed by atoms with E-state index in [9.17, 15) is 9.59 Å². The van der Waals surface area contributed by atoms with E-state index in [4.69, 9.17) is 0 Å². The van der Waals surface area contributed by atoms with Gasteiger partial charge in [-0.15, -0.1) is 10.2 Å². The highest BCUT2D eigenvalue weighted by atomic mass is 16.2. The SMILES string of the molecule is O=C1Cn2c(ccnc2=O)N=N1. The number of nitrogens with zero attached hydrogens (tertiary/aromatic N) is 4. The Hall–Kier alpha value is -1.85. The smallest absolute Gasteiger partial charge is 0.269 e. The van der Waals surface area contributed by atoms with Crippen LogP contribution in [-0.2, 0) is 11.3 Å². The predicted octanol–water partition coefficient (Wildman–Crippen LogP) is -0.133. The molecule has 0 saturated heterocycles. The minimum Gasteiger partial charge on any atom is -0.269 e. The number of aromatic nitrogens is 2. The Morgan fingerprint density at radius 3 is 3.00 bits per heavy atom. The molecule has 60 valence electrons. The van der Waals surface area contributed by atoms with Crippen LogP contribution in [0.5, 0.6) is 0 Å². The molecular weight excluding hydrogens is 160 g/mol. The lowest BCUT2D eigenvalue weighted by Gasteiger charge is -2.07. The molecule has 0 fully saturated rings. The number of azo groups is 1. The summed E-state index contributed by atoms with van der Waals surface area (Å²) in [7, 11) is 0. The Morgan fingerprint density at radius 1 is 1.33 bits per heavy atom. The molecule has 0 aromatic carbocycles. The second-order valence-electron chi connectivity index (χ2n) is 2.27. The van der Waals surface area contributed by atoms with Gasteiger partial charge in [-0.3, -0.25) is 9.36 Å². The number of hydrogen-bond acceptors (Lipinski definition) is 4. The van der Waals surface area contributed by atoms with Crippen molar-refractivity contribution in [2.24, 2.45) is 10.2 Å². The fourth-order valence-corrected chi connectivity index (χ4v) is 0.935. The summed E-state index contributed by atoms with van der Waals surface area (Å²) in [4.78, 5) is 25.2. The molecule has 0 atom stereocenters. The van der Waals surface area contributed by atoms with Crippen LogP contribution in [0.25, 0.3) is 0 Å². The second kappa shape index (κ2) is 2.33. The third kappa shape index (κ3) is 0.931. The Labute approximate surface area is 66.6 Å². The first-order valence-electron chi connectivity index (χ1n) is 3.28. The molecule has 0 unspecified atom stereocenters. The van der Waals surface area contributed by atoms with Gasteiger partial charge in [0.2, 0.25) is 0 Å². The van der Waals surface area contributed by atoms with Crippen molar-refractivity contribution in [1.29, 1.82) is 0 Å². The summed E-state index contributed by atoms with van der Waals surface area (Å²) < 4.78 is 1.18. The van der Waals surface area contributed by atoms with Gasteiger partial charge in [-0.05, 0) is 0 Å². The van der Waals surface area contributed by atoms with E-state index in [0.29, 0.717) is 5.82 Å². The van der Waals surface area contributed by atoms with Crippen LogP contribution in [0, 0.1) is 0 Å². The van der Waals surface area contributed by atoms with E-state index in [1.165, 1.54) is 16.8 Å². The Kier molecular flexibility index (Phi) is 1.33. The quantitative estimate of drug-likeness (QED) is 0.535. The van der Waals surface area contributed by atoms with Gasteiger partial charge in [-0.25, -0.2) is 9.78 Å². The topological polar surface area (TPSA) is 76.7 Å². The number of carbonyl (C=O) groups excluding carboxylic acids is 1. The molecule has 6 heteroatoms. The van der Waals surface area contributed by atoms with E-state index < -0.39 is 11.6 Å². The van der Waals surface area contributed by atoms with Crippen molar-refractivity contribution < 1.29 is 4.79 Å². The van der Waals surface area contributed by atoms with Crippen molar-refractivity contribution in [2.75, 3.05) is 0 Å². The zero-order valence-corrected chi connectivity index (χ0v) is 5.97. The zero-order valence-electron chi connectivity index (χ0n) is 5.97. The lowest BCUT2D eigenvalue weighted by Crippen LogP contribution is -2.26. The molecule has 1 aliphatic rings. The lowest BCUT2D eigenvalue weighted by atomic mass is 10.5. The summed E-state index contributed by atoms with van der Waals surface area (Å²) in [5.41, 5.74) is -0.473. The van der Waals surface area contributed by atoms with Gasteiger partial charge < -0.3 is 0 Å². The summed E-state index contributed by atoms with van der Waals surface area (Å²) in [5.74, 6) is -0.0628. The standard InChI is InChI=1S/C6H4N4O2/c11-5-3-10-4(8-9-5)1-2-7-6(10)12/h1-2H,3H2. The summed E-state index contributed by atoms with van der Waals surface area (Å²) in [6, 6.07) is 1.53. The third-order valence-corrected chi connectivity index (χ3v) is 1.47. The number of carbonyl (C=O) groups is 1. The van der Waals surface area contributed by atoms with Crippen LogP contribution in [-0.4, -0.2) is 15.5 Å². The summed E-state index contributed by atoms with van der Waals surface area (Å²) in [6.45, 7) is -0.0640. The molecule has 0 aliphatic carbocycles. The van der Waals surface area contributed by atoms with Gasteiger partial charge in [0.15, 0.2) is 5.82 Å². The first-order chi connectivity index (χ1) is 5.77. The van der Waals surface area contributed by atoms with Crippen molar-refractivity contribution in [3.8, 4) is 0 Å². The van der Waals surface area contributed by atoms with E-state index in [-0.39, 0.29) is 6.54 Å². The fourth-order valence-electron chi connectivity index (χ4n) is 0.935. The fraction of sp³-hybridized carbons (Fsp3) is 0.167. The first-order valence-corrected chi connectivity index (χ1v) is 3.28. The Morgan fingerprint density at radius 2 is 2.17 bits per heavy atom. The molecule has 1 amide bonds. The Bertz CT molecular complexity index is 420. The van der Waals surface area contributed by atoms with Crippen LogP contribution in [0.1, 0.15) is 0 Å². The normalized spacial score (nSPS) is 14.5. The summed E-state index contributed by atoms with van der Waals surface area (Å²) >= 11 is 0. The molecule has 6 nitrogen and oxygen atoms in total. The highest BCUT2D eigenvalue weighted by molar-refractivity contribution is 5.77. The molecule has 1 aromatic heterocycles. The van der Waals surface area contributed by atoms with Crippen molar-refractivity contribution >= 4 is 11.7 Å². The van der Waals surface area contributed by atoms with Gasteiger partial charge in [0.1, 0.15) is 6.54 Å². The average Bonchev–Trinajstić information content (AvgIpc) is 2.07. The third-order valence-electron chi connectivity index (χ3n) is 1.47. The van der Waals surface area contributed by atoms with Gasteiger partial charge >= 0.3 is 5.69 Å². The van der Waals surface area contributed by atoms with Gasteiger partial charge in [0.25, 0.3) is 5.91 Å². The number of hydrogen-bond donors (Lipinski definition) is 0. The molecule has 0 radical (unpaired) electrons. The van der Waals surface area contributed by atoms with E-state index in [1.54, 1.807) is 0 Å². The van der Waals surface area contributed by atoms with Crippen LogP contribution >= 0.6 is 0 Å². The Balaban J connectivity index is 2.68. The van der Waals surface area contributed by atoms with E-state index in [2.05, 4.69) is 15.2 Å². The van der Waals surface area contributed by atoms with Crippen LogP contribution in [0.4, 0.5) is 5.82 Å². The van der Waals surface area contributed by atoms with Crippen LogP contribution in [0.15, 0.2) is 27.3 Å². The predicted molar refractivity (Wildman–Crippen MR) is 38.0 cm³/mol. The molecule has 0 bridgehead atoms. The van der Waals surface area contributed by atoms with Gasteiger partial charge in [-0.2, -0.15) is 0 Å². The molecule has 0 spiro atoms. The van der Waals surface area contributed by atoms with Crippen LogP contribution < -0.4 is 5.69 Å². The lowest BCUT2D eigenvalue weighted by molar-refractivity contribution is -0.119.